The first-order valence-corrected chi connectivity index (χ1v) is 4.88. The van der Waals surface area contributed by atoms with Gasteiger partial charge in [-0.05, 0) is 26.7 Å². The average Bonchev–Trinajstić information content (AvgIpc) is 2.43. The van der Waals surface area contributed by atoms with Gasteiger partial charge in [-0.25, -0.2) is 9.78 Å². The Hall–Kier alpha value is -1.32. The lowest BCUT2D eigenvalue weighted by molar-refractivity contribution is -0.141. The maximum Gasteiger partial charge on any atom is 0.326 e. The summed E-state index contributed by atoms with van der Waals surface area (Å²) < 4.78 is 1.88. The van der Waals surface area contributed by atoms with Crippen LogP contribution >= 0.6 is 0 Å². The monoisotopic (exact) mass is 194 g/mol. The minimum absolute atomic E-state index is 0.403. The minimum Gasteiger partial charge on any atom is -0.480 e. The van der Waals surface area contributed by atoms with E-state index in [2.05, 4.69) is 4.98 Å². The molecule has 1 N–H and O–H groups in total. The van der Waals surface area contributed by atoms with Gasteiger partial charge in [0.1, 0.15) is 11.9 Å². The molecule has 0 fully saturated rings. The molecule has 1 aromatic heterocycles. The lowest BCUT2D eigenvalue weighted by Gasteiger charge is -2.22. The van der Waals surface area contributed by atoms with Crippen LogP contribution in [-0.2, 0) is 11.2 Å². The van der Waals surface area contributed by atoms with Gasteiger partial charge in [-0.1, -0.05) is 0 Å². The van der Waals surface area contributed by atoms with Gasteiger partial charge in [0.2, 0.25) is 0 Å². The summed E-state index contributed by atoms with van der Waals surface area (Å²) in [6.07, 6.45) is 2.55. The Balaban J connectivity index is 2.52. The van der Waals surface area contributed by atoms with Crippen LogP contribution in [0.15, 0.2) is 0 Å². The summed E-state index contributed by atoms with van der Waals surface area (Å²) >= 11 is 0. The molecule has 2 heterocycles. The van der Waals surface area contributed by atoms with Crippen LogP contribution in [0.4, 0.5) is 0 Å². The van der Waals surface area contributed by atoms with Gasteiger partial charge in [0.15, 0.2) is 0 Å². The average molecular weight is 194 g/mol. The molecular formula is C10H14N2O2. The quantitative estimate of drug-likeness (QED) is 0.736. The van der Waals surface area contributed by atoms with E-state index in [1.165, 1.54) is 0 Å². The molecule has 4 nitrogen and oxygen atoms in total. The number of imidazole rings is 1. The van der Waals surface area contributed by atoms with E-state index in [1.54, 1.807) is 0 Å². The van der Waals surface area contributed by atoms with Crippen LogP contribution in [-0.4, -0.2) is 20.6 Å². The Morgan fingerprint density at radius 3 is 2.93 bits per heavy atom. The van der Waals surface area contributed by atoms with E-state index in [0.717, 1.165) is 36.5 Å². The molecule has 0 aliphatic carbocycles. The first kappa shape index (κ1) is 9.24. The number of nitrogens with zero attached hydrogens (tertiary/aromatic N) is 2. The summed E-state index contributed by atoms with van der Waals surface area (Å²) in [6, 6.07) is -0.403. The predicted molar refractivity (Wildman–Crippen MR) is 51.3 cm³/mol. The van der Waals surface area contributed by atoms with Crippen LogP contribution in [0, 0.1) is 13.8 Å². The second kappa shape index (κ2) is 3.12. The molecule has 0 unspecified atom stereocenters. The maximum absolute atomic E-state index is 11.0. The molecule has 0 radical (unpaired) electrons. The van der Waals surface area contributed by atoms with E-state index in [0.29, 0.717) is 0 Å². The molecule has 0 saturated heterocycles. The third-order valence-electron chi connectivity index (χ3n) is 2.93. The Morgan fingerprint density at radius 2 is 2.29 bits per heavy atom. The van der Waals surface area contributed by atoms with Crippen molar-refractivity contribution in [2.45, 2.75) is 39.2 Å². The number of carbonyl (C=O) groups is 1. The van der Waals surface area contributed by atoms with Crippen molar-refractivity contribution in [3.05, 3.63) is 17.2 Å². The van der Waals surface area contributed by atoms with Crippen LogP contribution in [0.25, 0.3) is 0 Å². The zero-order valence-corrected chi connectivity index (χ0v) is 8.45. The highest BCUT2D eigenvalue weighted by Crippen LogP contribution is 2.27. The Bertz CT molecular complexity index is 382. The fraction of sp³-hybridized carbons (Fsp3) is 0.600. The summed E-state index contributed by atoms with van der Waals surface area (Å²) in [5.74, 6) is 0.185. The third kappa shape index (κ3) is 1.22. The second-order valence-corrected chi connectivity index (χ2v) is 3.82. The van der Waals surface area contributed by atoms with Crippen LogP contribution in [0.2, 0.25) is 0 Å². The smallest absolute Gasteiger partial charge is 0.326 e. The number of rotatable bonds is 1. The fourth-order valence-electron chi connectivity index (χ4n) is 2.10. The van der Waals surface area contributed by atoms with E-state index in [1.807, 2.05) is 18.4 Å². The number of aromatic nitrogens is 2. The SMILES string of the molecule is Cc1nc2n(c1C)[C@H](C(=O)O)CCC2. The van der Waals surface area contributed by atoms with Gasteiger partial charge < -0.3 is 9.67 Å². The number of fused-ring (bicyclic) bond motifs is 1. The maximum atomic E-state index is 11.0. The van der Waals surface area contributed by atoms with Crippen LogP contribution in [0.3, 0.4) is 0 Å². The van der Waals surface area contributed by atoms with E-state index >= 15 is 0 Å². The molecule has 4 heteroatoms. The molecular weight excluding hydrogens is 180 g/mol. The van der Waals surface area contributed by atoms with Crippen molar-refractivity contribution in [2.24, 2.45) is 0 Å². The molecule has 0 bridgehead atoms. The third-order valence-corrected chi connectivity index (χ3v) is 2.93. The minimum atomic E-state index is -0.744. The zero-order valence-electron chi connectivity index (χ0n) is 8.45. The lowest BCUT2D eigenvalue weighted by atomic mass is 10.0. The van der Waals surface area contributed by atoms with E-state index in [9.17, 15) is 4.79 Å². The van der Waals surface area contributed by atoms with Crippen molar-refractivity contribution in [1.29, 1.82) is 0 Å². The van der Waals surface area contributed by atoms with Crippen molar-refractivity contribution in [3.8, 4) is 0 Å². The van der Waals surface area contributed by atoms with Crippen molar-refractivity contribution in [1.82, 2.24) is 9.55 Å². The van der Waals surface area contributed by atoms with Crippen LogP contribution < -0.4 is 0 Å². The van der Waals surface area contributed by atoms with Crippen LogP contribution in [0.5, 0.6) is 0 Å². The number of hydrogen-bond acceptors (Lipinski definition) is 2. The molecule has 0 saturated carbocycles. The highest BCUT2D eigenvalue weighted by molar-refractivity contribution is 5.72. The van der Waals surface area contributed by atoms with E-state index in [4.69, 9.17) is 5.11 Å². The normalized spacial score (nSPS) is 20.6. The largest absolute Gasteiger partial charge is 0.480 e. The molecule has 0 spiro atoms. The van der Waals surface area contributed by atoms with Crippen molar-refractivity contribution in [3.63, 3.8) is 0 Å². The summed E-state index contributed by atoms with van der Waals surface area (Å²) in [4.78, 5) is 15.4. The van der Waals surface area contributed by atoms with Gasteiger partial charge in [-0.15, -0.1) is 0 Å². The van der Waals surface area contributed by atoms with E-state index in [-0.39, 0.29) is 0 Å². The molecule has 1 atom stereocenters. The van der Waals surface area contributed by atoms with Gasteiger partial charge >= 0.3 is 5.97 Å². The number of hydrogen-bond donors (Lipinski definition) is 1. The Morgan fingerprint density at radius 1 is 1.57 bits per heavy atom. The number of carboxylic acid groups (broad SMARTS) is 1. The number of aliphatic carboxylic acids is 1. The summed E-state index contributed by atoms with van der Waals surface area (Å²) in [6.45, 7) is 3.87. The number of aryl methyl sites for hydroxylation is 2. The summed E-state index contributed by atoms with van der Waals surface area (Å²) in [5, 5.41) is 9.07. The fourth-order valence-corrected chi connectivity index (χ4v) is 2.10. The molecule has 1 aliphatic rings. The first-order valence-electron chi connectivity index (χ1n) is 4.88. The molecule has 14 heavy (non-hydrogen) atoms. The molecule has 0 amide bonds. The van der Waals surface area contributed by atoms with Crippen LogP contribution in [0.1, 0.15) is 36.1 Å². The van der Waals surface area contributed by atoms with Gasteiger partial charge in [-0.2, -0.15) is 0 Å². The van der Waals surface area contributed by atoms with Gasteiger partial charge in [-0.3, -0.25) is 0 Å². The summed E-state index contributed by atoms with van der Waals surface area (Å²) in [5.41, 5.74) is 1.94. The van der Waals surface area contributed by atoms with Gasteiger partial charge in [0.25, 0.3) is 0 Å². The van der Waals surface area contributed by atoms with Crippen molar-refractivity contribution in [2.75, 3.05) is 0 Å². The molecule has 1 aliphatic heterocycles. The summed E-state index contributed by atoms with van der Waals surface area (Å²) in [7, 11) is 0. The molecule has 2 rings (SSSR count). The molecule has 0 aromatic carbocycles. The Labute approximate surface area is 82.6 Å². The van der Waals surface area contributed by atoms with E-state index < -0.39 is 12.0 Å². The predicted octanol–water partition coefficient (Wildman–Crippen LogP) is 1.46. The van der Waals surface area contributed by atoms with Crippen molar-refractivity contribution >= 4 is 5.97 Å². The first-order chi connectivity index (χ1) is 6.61. The molecule has 76 valence electrons. The van der Waals surface area contributed by atoms with Crippen molar-refractivity contribution < 1.29 is 9.90 Å². The van der Waals surface area contributed by atoms with Gasteiger partial charge in [0, 0.05) is 12.1 Å². The highest BCUT2D eigenvalue weighted by atomic mass is 16.4. The van der Waals surface area contributed by atoms with Gasteiger partial charge in [0.05, 0.1) is 5.69 Å². The topological polar surface area (TPSA) is 55.1 Å². The lowest BCUT2D eigenvalue weighted by Crippen LogP contribution is -2.25. The molecule has 1 aromatic rings. The highest BCUT2D eigenvalue weighted by Gasteiger charge is 2.28. The number of carboxylic acids is 1. The zero-order chi connectivity index (χ0) is 10.3. The standard InChI is InChI=1S/C10H14N2O2/c1-6-7(2)12-8(10(13)14)4-3-5-9(12)11-6/h8H,3-5H2,1-2H3,(H,13,14)/t8-/m0/s1. The Kier molecular flexibility index (Phi) is 2.06. The second-order valence-electron chi connectivity index (χ2n) is 3.82.